The topological polar surface area (TPSA) is 28.2 Å². The van der Waals surface area contributed by atoms with Gasteiger partial charge in [-0.05, 0) is 37.7 Å². The fraction of sp³-hybridized carbons (Fsp3) is 0.312. The van der Waals surface area contributed by atoms with Crippen LogP contribution in [-0.4, -0.2) is 18.6 Å². The van der Waals surface area contributed by atoms with Crippen LogP contribution in [0.5, 0.6) is 0 Å². The van der Waals surface area contributed by atoms with Crippen LogP contribution < -0.4 is 10.2 Å². The smallest absolute Gasteiger partial charge is 0.0562 e. The molecule has 0 saturated carbocycles. The van der Waals surface area contributed by atoms with Crippen molar-refractivity contribution in [1.29, 1.82) is 0 Å². The molecule has 0 amide bonds. The molecule has 0 aliphatic heterocycles. The van der Waals surface area contributed by atoms with Crippen LogP contribution in [0.4, 0.5) is 11.4 Å². The lowest BCUT2D eigenvalue weighted by molar-refractivity contribution is 0.710. The molecule has 1 heterocycles. The molecule has 19 heavy (non-hydrogen) atoms. The minimum absolute atomic E-state index is 0.812. The van der Waals surface area contributed by atoms with E-state index in [0.29, 0.717) is 0 Å². The third-order valence-corrected chi connectivity index (χ3v) is 3.16. The van der Waals surface area contributed by atoms with E-state index in [2.05, 4.69) is 66.4 Å². The van der Waals surface area contributed by atoms with E-state index in [0.717, 1.165) is 24.5 Å². The van der Waals surface area contributed by atoms with Crippen molar-refractivity contribution in [2.75, 3.05) is 18.5 Å². The van der Waals surface area contributed by atoms with Crippen molar-refractivity contribution in [3.8, 4) is 0 Å². The second-order valence-corrected chi connectivity index (χ2v) is 4.68. The van der Waals surface area contributed by atoms with Crippen LogP contribution in [0.25, 0.3) is 0 Å². The van der Waals surface area contributed by atoms with Gasteiger partial charge in [0.05, 0.1) is 5.69 Å². The van der Waals surface area contributed by atoms with Gasteiger partial charge in [-0.3, -0.25) is 4.98 Å². The number of pyridine rings is 1. The Morgan fingerprint density at radius 2 is 1.84 bits per heavy atom. The molecular formula is C16H21N3. The van der Waals surface area contributed by atoms with Gasteiger partial charge in [0.25, 0.3) is 0 Å². The fourth-order valence-electron chi connectivity index (χ4n) is 1.94. The number of aromatic nitrogens is 1. The van der Waals surface area contributed by atoms with Crippen LogP contribution in [0.1, 0.15) is 18.2 Å². The summed E-state index contributed by atoms with van der Waals surface area (Å²) in [5, 5.41) is 3.30. The standard InChI is InChI=1S/C16H21N3/c1-4-17-12-14-11-16(9-10-18-14)19(3)15-7-5-13(2)6-8-15/h5-11,17H,4,12H2,1-3H3. The molecule has 3 nitrogen and oxygen atoms in total. The van der Waals surface area contributed by atoms with Gasteiger partial charge in [-0.1, -0.05) is 24.6 Å². The first kappa shape index (κ1) is 13.6. The van der Waals surface area contributed by atoms with E-state index in [4.69, 9.17) is 0 Å². The third kappa shape index (κ3) is 3.55. The number of anilines is 2. The Morgan fingerprint density at radius 1 is 1.11 bits per heavy atom. The normalized spacial score (nSPS) is 10.5. The highest BCUT2D eigenvalue weighted by Gasteiger charge is 2.05. The highest BCUT2D eigenvalue weighted by molar-refractivity contribution is 5.62. The molecule has 100 valence electrons. The van der Waals surface area contributed by atoms with Crippen LogP contribution in [0.3, 0.4) is 0 Å². The Kier molecular flexibility index (Phi) is 4.53. The zero-order chi connectivity index (χ0) is 13.7. The number of hydrogen-bond acceptors (Lipinski definition) is 3. The van der Waals surface area contributed by atoms with Gasteiger partial charge in [-0.15, -0.1) is 0 Å². The Morgan fingerprint density at radius 3 is 2.53 bits per heavy atom. The predicted octanol–water partition coefficient (Wildman–Crippen LogP) is 3.27. The van der Waals surface area contributed by atoms with E-state index < -0.39 is 0 Å². The average Bonchev–Trinajstić information content (AvgIpc) is 2.45. The van der Waals surface area contributed by atoms with Gasteiger partial charge in [0.1, 0.15) is 0 Å². The largest absolute Gasteiger partial charge is 0.345 e. The zero-order valence-electron chi connectivity index (χ0n) is 11.9. The van der Waals surface area contributed by atoms with Gasteiger partial charge in [-0.2, -0.15) is 0 Å². The summed E-state index contributed by atoms with van der Waals surface area (Å²) in [7, 11) is 2.08. The quantitative estimate of drug-likeness (QED) is 0.888. The monoisotopic (exact) mass is 255 g/mol. The summed E-state index contributed by atoms with van der Waals surface area (Å²) in [4.78, 5) is 6.56. The van der Waals surface area contributed by atoms with Gasteiger partial charge in [0, 0.05) is 31.2 Å². The predicted molar refractivity (Wildman–Crippen MR) is 80.9 cm³/mol. The fourth-order valence-corrected chi connectivity index (χ4v) is 1.94. The molecule has 0 bridgehead atoms. The maximum atomic E-state index is 4.38. The summed E-state index contributed by atoms with van der Waals surface area (Å²) in [6, 6.07) is 12.7. The molecule has 0 unspecified atom stereocenters. The highest BCUT2D eigenvalue weighted by atomic mass is 15.1. The summed E-state index contributed by atoms with van der Waals surface area (Å²) in [6.07, 6.45) is 1.87. The van der Waals surface area contributed by atoms with Crippen LogP contribution in [0, 0.1) is 6.92 Å². The first-order valence-electron chi connectivity index (χ1n) is 6.66. The van der Waals surface area contributed by atoms with Crippen molar-refractivity contribution < 1.29 is 0 Å². The minimum atomic E-state index is 0.812. The second-order valence-electron chi connectivity index (χ2n) is 4.68. The summed E-state index contributed by atoms with van der Waals surface area (Å²) in [6.45, 7) is 5.97. The maximum Gasteiger partial charge on any atom is 0.0562 e. The molecule has 0 radical (unpaired) electrons. The first-order valence-corrected chi connectivity index (χ1v) is 6.66. The Hall–Kier alpha value is -1.87. The molecule has 1 aromatic heterocycles. The number of benzene rings is 1. The lowest BCUT2D eigenvalue weighted by atomic mass is 10.2. The van der Waals surface area contributed by atoms with Crippen molar-refractivity contribution in [1.82, 2.24) is 10.3 Å². The van der Waals surface area contributed by atoms with E-state index in [1.165, 1.54) is 11.3 Å². The SMILES string of the molecule is CCNCc1cc(N(C)c2ccc(C)cc2)ccn1. The number of nitrogens with one attached hydrogen (secondary N) is 1. The van der Waals surface area contributed by atoms with Gasteiger partial charge in [-0.25, -0.2) is 0 Å². The molecule has 3 heteroatoms. The second kappa shape index (κ2) is 6.34. The lowest BCUT2D eigenvalue weighted by Crippen LogP contribution is -2.14. The van der Waals surface area contributed by atoms with Gasteiger partial charge >= 0.3 is 0 Å². The van der Waals surface area contributed by atoms with Crippen LogP contribution >= 0.6 is 0 Å². The number of hydrogen-bond donors (Lipinski definition) is 1. The Labute approximate surface area is 115 Å². The third-order valence-electron chi connectivity index (χ3n) is 3.16. The molecule has 0 aliphatic carbocycles. The summed E-state index contributed by atoms with van der Waals surface area (Å²) < 4.78 is 0. The Balaban J connectivity index is 2.18. The van der Waals surface area contributed by atoms with E-state index in [1.807, 2.05) is 12.3 Å². The lowest BCUT2D eigenvalue weighted by Gasteiger charge is -2.20. The van der Waals surface area contributed by atoms with Crippen molar-refractivity contribution in [2.24, 2.45) is 0 Å². The van der Waals surface area contributed by atoms with Crippen LogP contribution in [0.15, 0.2) is 42.6 Å². The van der Waals surface area contributed by atoms with E-state index >= 15 is 0 Å². The maximum absolute atomic E-state index is 4.38. The molecule has 0 fully saturated rings. The molecule has 0 spiro atoms. The first-order chi connectivity index (χ1) is 9.20. The van der Waals surface area contributed by atoms with Gasteiger partial charge in [0.15, 0.2) is 0 Å². The molecule has 1 N–H and O–H groups in total. The van der Waals surface area contributed by atoms with Crippen LogP contribution in [0.2, 0.25) is 0 Å². The molecule has 2 rings (SSSR count). The highest BCUT2D eigenvalue weighted by Crippen LogP contribution is 2.23. The summed E-state index contributed by atoms with van der Waals surface area (Å²) in [5.74, 6) is 0. The van der Waals surface area contributed by atoms with E-state index in [1.54, 1.807) is 0 Å². The number of nitrogens with zero attached hydrogens (tertiary/aromatic N) is 2. The molecular weight excluding hydrogens is 234 g/mol. The molecule has 2 aromatic rings. The minimum Gasteiger partial charge on any atom is -0.345 e. The zero-order valence-corrected chi connectivity index (χ0v) is 11.9. The van der Waals surface area contributed by atoms with Crippen LogP contribution in [-0.2, 0) is 6.54 Å². The Bertz CT molecular complexity index is 520. The molecule has 1 aromatic carbocycles. The van der Waals surface area contributed by atoms with E-state index in [-0.39, 0.29) is 0 Å². The van der Waals surface area contributed by atoms with Crippen molar-refractivity contribution in [2.45, 2.75) is 20.4 Å². The van der Waals surface area contributed by atoms with Crippen molar-refractivity contribution >= 4 is 11.4 Å². The number of rotatable bonds is 5. The molecule has 0 atom stereocenters. The van der Waals surface area contributed by atoms with Crippen molar-refractivity contribution in [3.05, 3.63) is 53.9 Å². The van der Waals surface area contributed by atoms with Crippen molar-refractivity contribution in [3.63, 3.8) is 0 Å². The van der Waals surface area contributed by atoms with Gasteiger partial charge in [0.2, 0.25) is 0 Å². The molecule has 0 aliphatic rings. The number of aryl methyl sites for hydroxylation is 1. The average molecular weight is 255 g/mol. The molecule has 0 saturated heterocycles. The van der Waals surface area contributed by atoms with Gasteiger partial charge < -0.3 is 10.2 Å². The van der Waals surface area contributed by atoms with E-state index in [9.17, 15) is 0 Å². The summed E-state index contributed by atoms with van der Waals surface area (Å²) in [5.41, 5.74) is 4.69. The summed E-state index contributed by atoms with van der Waals surface area (Å²) >= 11 is 0.